The van der Waals surface area contributed by atoms with E-state index in [1.54, 1.807) is 0 Å². The van der Waals surface area contributed by atoms with Crippen molar-refractivity contribution in [3.05, 3.63) is 0 Å². The summed E-state index contributed by atoms with van der Waals surface area (Å²) in [7, 11) is 0. The number of nitrogens with one attached hydrogen (secondary N) is 1. The number of ether oxygens (including phenoxy) is 1. The zero-order valence-electron chi connectivity index (χ0n) is 11.9. The molecule has 1 aliphatic heterocycles. The molecule has 0 aromatic carbocycles. The van der Waals surface area contributed by atoms with Gasteiger partial charge in [-0.3, -0.25) is 4.79 Å². The Morgan fingerprint density at radius 3 is 2.21 bits per heavy atom. The van der Waals surface area contributed by atoms with Gasteiger partial charge in [-0.25, -0.2) is 0 Å². The lowest BCUT2D eigenvalue weighted by Crippen LogP contribution is -2.57. The minimum absolute atomic E-state index is 0.0309. The summed E-state index contributed by atoms with van der Waals surface area (Å²) in [6.45, 7) is 2.92. The first kappa shape index (κ1) is 12.2. The van der Waals surface area contributed by atoms with Crippen LogP contribution in [0.25, 0.3) is 0 Å². The molecule has 1 heterocycles. The predicted octanol–water partition coefficient (Wildman–Crippen LogP) is 2.50. The van der Waals surface area contributed by atoms with Crippen molar-refractivity contribution in [1.82, 2.24) is 5.32 Å². The van der Waals surface area contributed by atoms with E-state index in [1.165, 1.54) is 38.5 Å². The van der Waals surface area contributed by atoms with Gasteiger partial charge in [-0.15, -0.1) is 0 Å². The number of carbonyl (C=O) groups excluding carboxylic acids is 1. The first-order valence-corrected chi connectivity index (χ1v) is 8.07. The zero-order valence-corrected chi connectivity index (χ0v) is 11.9. The minimum atomic E-state index is -0.0389. The highest BCUT2D eigenvalue weighted by atomic mass is 16.5. The molecule has 5 aliphatic rings. The van der Waals surface area contributed by atoms with E-state index >= 15 is 0 Å². The molecule has 0 amide bonds. The van der Waals surface area contributed by atoms with Crippen molar-refractivity contribution in [3.8, 4) is 0 Å². The van der Waals surface area contributed by atoms with Gasteiger partial charge in [-0.05, 0) is 68.6 Å². The van der Waals surface area contributed by atoms with Crippen LogP contribution in [-0.4, -0.2) is 24.7 Å². The highest BCUT2D eigenvalue weighted by molar-refractivity contribution is 5.77. The second kappa shape index (κ2) is 4.21. The molecule has 19 heavy (non-hydrogen) atoms. The van der Waals surface area contributed by atoms with Crippen LogP contribution in [0.3, 0.4) is 0 Å². The highest BCUT2D eigenvalue weighted by Crippen LogP contribution is 2.61. The highest BCUT2D eigenvalue weighted by Gasteiger charge is 2.53. The van der Waals surface area contributed by atoms with Gasteiger partial charge in [0.25, 0.3) is 0 Å². The molecule has 4 aliphatic carbocycles. The van der Waals surface area contributed by atoms with Crippen molar-refractivity contribution in [2.45, 2.75) is 64.0 Å². The Kier molecular flexibility index (Phi) is 2.70. The maximum atomic E-state index is 11.7. The predicted molar refractivity (Wildman–Crippen MR) is 72.6 cm³/mol. The number of cyclic esters (lactones) is 1. The molecular weight excluding hydrogens is 238 g/mol. The Balaban J connectivity index is 1.50. The first-order valence-electron chi connectivity index (χ1n) is 8.07. The van der Waals surface area contributed by atoms with Crippen molar-refractivity contribution in [1.29, 1.82) is 0 Å². The maximum Gasteiger partial charge on any atom is 0.323 e. The summed E-state index contributed by atoms with van der Waals surface area (Å²) in [5, 5.41) is 3.61. The van der Waals surface area contributed by atoms with Gasteiger partial charge in [0.15, 0.2) is 0 Å². The number of hydrogen-bond acceptors (Lipinski definition) is 3. The normalized spacial score (nSPS) is 49.4. The van der Waals surface area contributed by atoms with Crippen LogP contribution in [0.4, 0.5) is 0 Å². The van der Waals surface area contributed by atoms with E-state index in [-0.39, 0.29) is 12.0 Å². The van der Waals surface area contributed by atoms with Crippen LogP contribution < -0.4 is 5.32 Å². The Morgan fingerprint density at radius 1 is 1.16 bits per heavy atom. The third kappa shape index (κ3) is 1.93. The lowest BCUT2D eigenvalue weighted by molar-refractivity contribution is -0.140. The molecule has 3 heteroatoms. The molecule has 0 radical (unpaired) electrons. The fraction of sp³-hybridized carbons (Fsp3) is 0.938. The van der Waals surface area contributed by atoms with Crippen molar-refractivity contribution in [2.75, 3.05) is 6.61 Å². The summed E-state index contributed by atoms with van der Waals surface area (Å²) in [6, 6.07) is 0.430. The first-order chi connectivity index (χ1) is 9.14. The average molecular weight is 263 g/mol. The third-order valence-electron chi connectivity index (χ3n) is 6.39. The van der Waals surface area contributed by atoms with Crippen LogP contribution in [0.15, 0.2) is 0 Å². The summed E-state index contributed by atoms with van der Waals surface area (Å²) in [5.74, 6) is 2.90. The van der Waals surface area contributed by atoms with Gasteiger partial charge < -0.3 is 10.1 Å². The third-order valence-corrected chi connectivity index (χ3v) is 6.39. The summed E-state index contributed by atoms with van der Waals surface area (Å²) >= 11 is 0. The summed E-state index contributed by atoms with van der Waals surface area (Å²) in [4.78, 5) is 11.7. The van der Waals surface area contributed by atoms with Crippen molar-refractivity contribution >= 4 is 5.97 Å². The lowest BCUT2D eigenvalue weighted by atomic mass is 9.48. The van der Waals surface area contributed by atoms with E-state index in [0.29, 0.717) is 18.1 Å². The number of rotatable bonds is 3. The molecule has 5 fully saturated rings. The van der Waals surface area contributed by atoms with Gasteiger partial charge in [0.1, 0.15) is 6.04 Å². The van der Waals surface area contributed by atoms with Gasteiger partial charge in [-0.2, -0.15) is 0 Å². The van der Waals surface area contributed by atoms with E-state index in [4.69, 9.17) is 4.74 Å². The van der Waals surface area contributed by atoms with Gasteiger partial charge in [0.2, 0.25) is 0 Å². The summed E-state index contributed by atoms with van der Waals surface area (Å²) < 4.78 is 5.08. The second-order valence-electron chi connectivity index (χ2n) is 7.68. The Morgan fingerprint density at radius 2 is 1.74 bits per heavy atom. The van der Waals surface area contributed by atoms with Gasteiger partial charge >= 0.3 is 5.97 Å². The Labute approximate surface area is 115 Å². The standard InChI is InChI=1S/C16H25NO2/c1-10(17-14-2-3-19-15(14)18)16-7-11-4-12(8-16)6-13(5-11)9-16/h10-14,17H,2-9H2,1H3. The molecule has 4 bridgehead atoms. The largest absolute Gasteiger partial charge is 0.464 e. The molecule has 1 saturated heterocycles. The molecule has 106 valence electrons. The van der Waals surface area contributed by atoms with Crippen LogP contribution in [0.1, 0.15) is 51.9 Å². The quantitative estimate of drug-likeness (QED) is 0.795. The van der Waals surface area contributed by atoms with Crippen molar-refractivity contribution in [2.24, 2.45) is 23.2 Å². The lowest BCUT2D eigenvalue weighted by Gasteiger charge is -2.59. The topological polar surface area (TPSA) is 38.3 Å². The molecule has 2 atom stereocenters. The molecule has 5 rings (SSSR count). The SMILES string of the molecule is CC(NC1CCOC1=O)C12CC3CC(CC(C3)C1)C2. The minimum Gasteiger partial charge on any atom is -0.464 e. The van der Waals surface area contributed by atoms with Crippen LogP contribution in [-0.2, 0) is 9.53 Å². The molecule has 3 nitrogen and oxygen atoms in total. The van der Waals surface area contributed by atoms with Crippen LogP contribution in [0.5, 0.6) is 0 Å². The van der Waals surface area contributed by atoms with E-state index < -0.39 is 0 Å². The average Bonchev–Trinajstić information content (AvgIpc) is 2.73. The van der Waals surface area contributed by atoms with Crippen LogP contribution in [0.2, 0.25) is 0 Å². The van der Waals surface area contributed by atoms with Crippen LogP contribution >= 0.6 is 0 Å². The number of hydrogen-bond donors (Lipinski definition) is 1. The molecule has 2 unspecified atom stereocenters. The second-order valence-corrected chi connectivity index (χ2v) is 7.68. The fourth-order valence-corrected chi connectivity index (χ4v) is 5.83. The molecule has 0 aromatic heterocycles. The van der Waals surface area contributed by atoms with E-state index in [0.717, 1.165) is 24.2 Å². The number of esters is 1. The fourth-order valence-electron chi connectivity index (χ4n) is 5.83. The monoisotopic (exact) mass is 263 g/mol. The van der Waals surface area contributed by atoms with E-state index in [9.17, 15) is 4.79 Å². The molecule has 0 spiro atoms. The maximum absolute atomic E-state index is 11.7. The molecule has 4 saturated carbocycles. The molecule has 0 aromatic rings. The Bertz CT molecular complexity index is 357. The molecular formula is C16H25NO2. The summed E-state index contributed by atoms with van der Waals surface area (Å²) in [5.41, 5.74) is 0.484. The van der Waals surface area contributed by atoms with Crippen molar-refractivity contribution < 1.29 is 9.53 Å². The summed E-state index contributed by atoms with van der Waals surface area (Å²) in [6.07, 6.45) is 9.50. The van der Waals surface area contributed by atoms with E-state index in [2.05, 4.69) is 12.2 Å². The van der Waals surface area contributed by atoms with Gasteiger partial charge in [0, 0.05) is 12.5 Å². The van der Waals surface area contributed by atoms with Gasteiger partial charge in [-0.1, -0.05) is 0 Å². The Hall–Kier alpha value is -0.570. The van der Waals surface area contributed by atoms with Gasteiger partial charge in [0.05, 0.1) is 6.61 Å². The van der Waals surface area contributed by atoms with Crippen molar-refractivity contribution in [3.63, 3.8) is 0 Å². The molecule has 1 N–H and O–H groups in total. The number of carbonyl (C=O) groups is 1. The zero-order chi connectivity index (χ0) is 13.0. The smallest absolute Gasteiger partial charge is 0.323 e. The van der Waals surface area contributed by atoms with E-state index in [1.807, 2.05) is 0 Å². The van der Waals surface area contributed by atoms with Crippen LogP contribution in [0, 0.1) is 23.2 Å².